The first-order valence-electron chi connectivity index (χ1n) is 9.34. The van der Waals surface area contributed by atoms with E-state index < -0.39 is 0 Å². The van der Waals surface area contributed by atoms with Gasteiger partial charge in [-0.2, -0.15) is 0 Å². The maximum Gasteiger partial charge on any atom is 0.274 e. The number of nitrogens with one attached hydrogen (secondary N) is 1. The number of rotatable bonds is 5. The van der Waals surface area contributed by atoms with E-state index in [2.05, 4.69) is 15.3 Å². The summed E-state index contributed by atoms with van der Waals surface area (Å²) in [6, 6.07) is 8.88. The number of ether oxygens (including phenoxy) is 1. The molecule has 1 saturated heterocycles. The fourth-order valence-electron chi connectivity index (χ4n) is 2.96. The lowest BCUT2D eigenvalue weighted by Crippen LogP contribution is -2.48. The van der Waals surface area contributed by atoms with Crippen molar-refractivity contribution in [1.29, 1.82) is 0 Å². The molecule has 2 amide bonds. The van der Waals surface area contributed by atoms with Crippen LogP contribution < -0.4 is 15.0 Å². The van der Waals surface area contributed by atoms with Crippen molar-refractivity contribution in [3.8, 4) is 5.75 Å². The van der Waals surface area contributed by atoms with Crippen LogP contribution in [0.25, 0.3) is 0 Å². The monoisotopic (exact) mass is 383 g/mol. The Morgan fingerprint density at radius 1 is 1.11 bits per heavy atom. The Labute approximate surface area is 164 Å². The highest BCUT2D eigenvalue weighted by Gasteiger charge is 2.21. The predicted molar refractivity (Wildman–Crippen MR) is 107 cm³/mol. The van der Waals surface area contributed by atoms with E-state index in [1.54, 1.807) is 30.2 Å². The lowest BCUT2D eigenvalue weighted by Gasteiger charge is -2.34. The molecule has 0 spiro atoms. The zero-order valence-electron chi connectivity index (χ0n) is 16.4. The van der Waals surface area contributed by atoms with Crippen LogP contribution in [0.15, 0.2) is 36.5 Å². The van der Waals surface area contributed by atoms with Crippen LogP contribution in [0.4, 0.5) is 11.6 Å². The first-order chi connectivity index (χ1) is 13.4. The molecule has 1 aliphatic heterocycles. The molecule has 1 N–H and O–H groups in total. The van der Waals surface area contributed by atoms with E-state index in [-0.39, 0.29) is 23.6 Å². The van der Waals surface area contributed by atoms with Crippen molar-refractivity contribution in [3.63, 3.8) is 0 Å². The van der Waals surface area contributed by atoms with Gasteiger partial charge in [0, 0.05) is 39.3 Å². The van der Waals surface area contributed by atoms with Crippen molar-refractivity contribution in [2.45, 2.75) is 26.9 Å². The largest absolute Gasteiger partial charge is 0.489 e. The highest BCUT2D eigenvalue weighted by Crippen LogP contribution is 2.25. The van der Waals surface area contributed by atoms with E-state index in [0.717, 1.165) is 0 Å². The Balaban J connectivity index is 1.71. The van der Waals surface area contributed by atoms with Crippen LogP contribution in [0.1, 0.15) is 31.3 Å². The standard InChI is InChI=1S/C20H25N5O3/c1-14(2)28-18-7-5-4-6-16(18)22-19(27)17-8-9-21-20(23-17)25-12-10-24(11-13-25)15(3)26/h4-9,14H,10-13H2,1-3H3,(H,22,27). The molecule has 3 rings (SSSR count). The summed E-state index contributed by atoms with van der Waals surface area (Å²) in [6.45, 7) is 7.94. The number of hydrogen-bond donors (Lipinski definition) is 1. The van der Waals surface area contributed by atoms with E-state index in [1.165, 1.54) is 0 Å². The SMILES string of the molecule is CC(=O)N1CCN(c2nccc(C(=O)Nc3ccccc3OC(C)C)n2)CC1. The number of nitrogens with zero attached hydrogens (tertiary/aromatic N) is 4. The molecule has 1 aliphatic rings. The molecule has 8 heteroatoms. The maximum absolute atomic E-state index is 12.7. The zero-order chi connectivity index (χ0) is 20.1. The zero-order valence-corrected chi connectivity index (χ0v) is 16.4. The molecule has 1 aromatic carbocycles. The van der Waals surface area contributed by atoms with E-state index in [4.69, 9.17) is 4.74 Å². The Hall–Kier alpha value is -3.16. The fourth-order valence-corrected chi connectivity index (χ4v) is 2.96. The van der Waals surface area contributed by atoms with Gasteiger partial charge >= 0.3 is 0 Å². The van der Waals surface area contributed by atoms with Crippen LogP contribution in [0.2, 0.25) is 0 Å². The molecule has 148 valence electrons. The van der Waals surface area contributed by atoms with E-state index >= 15 is 0 Å². The molecule has 0 atom stereocenters. The predicted octanol–water partition coefficient (Wildman–Crippen LogP) is 2.18. The van der Waals surface area contributed by atoms with Crippen molar-refractivity contribution in [3.05, 3.63) is 42.2 Å². The van der Waals surface area contributed by atoms with Crippen LogP contribution >= 0.6 is 0 Å². The van der Waals surface area contributed by atoms with Crippen molar-refractivity contribution >= 4 is 23.5 Å². The smallest absolute Gasteiger partial charge is 0.274 e. The summed E-state index contributed by atoms with van der Waals surface area (Å²) in [7, 11) is 0. The van der Waals surface area contributed by atoms with E-state index in [9.17, 15) is 9.59 Å². The van der Waals surface area contributed by atoms with Crippen LogP contribution in [-0.4, -0.2) is 59.0 Å². The lowest BCUT2D eigenvalue weighted by molar-refractivity contribution is -0.129. The number of anilines is 2. The van der Waals surface area contributed by atoms with Gasteiger partial charge in [-0.3, -0.25) is 9.59 Å². The minimum absolute atomic E-state index is 0.00243. The summed E-state index contributed by atoms with van der Waals surface area (Å²) in [4.78, 5) is 36.6. The second-order valence-corrected chi connectivity index (χ2v) is 6.85. The Morgan fingerprint density at radius 2 is 1.82 bits per heavy atom. The van der Waals surface area contributed by atoms with Gasteiger partial charge in [0.25, 0.3) is 5.91 Å². The van der Waals surface area contributed by atoms with Gasteiger partial charge in [0.05, 0.1) is 11.8 Å². The first kappa shape index (κ1) is 19.6. The van der Waals surface area contributed by atoms with Crippen LogP contribution in [0, 0.1) is 0 Å². The van der Waals surface area contributed by atoms with Gasteiger partial charge in [-0.1, -0.05) is 12.1 Å². The van der Waals surface area contributed by atoms with Crippen LogP contribution in [-0.2, 0) is 4.79 Å². The molecule has 1 aromatic heterocycles. The summed E-state index contributed by atoms with van der Waals surface area (Å²) in [5.74, 6) is 0.838. The number of para-hydroxylation sites is 2. The molecule has 0 saturated carbocycles. The minimum Gasteiger partial charge on any atom is -0.489 e. The van der Waals surface area contributed by atoms with Crippen molar-refractivity contribution in [2.24, 2.45) is 0 Å². The molecule has 0 bridgehead atoms. The molecule has 0 unspecified atom stereocenters. The number of aromatic nitrogens is 2. The summed E-state index contributed by atoms with van der Waals surface area (Å²) >= 11 is 0. The van der Waals surface area contributed by atoms with Gasteiger partial charge < -0.3 is 19.9 Å². The number of carbonyl (C=O) groups excluding carboxylic acids is 2. The van der Waals surface area contributed by atoms with E-state index in [1.807, 2.05) is 36.9 Å². The number of piperazine rings is 1. The first-order valence-corrected chi connectivity index (χ1v) is 9.34. The Morgan fingerprint density at radius 3 is 2.50 bits per heavy atom. The summed E-state index contributed by atoms with van der Waals surface area (Å²) in [5, 5.41) is 2.86. The van der Waals surface area contributed by atoms with Crippen molar-refractivity contribution in [1.82, 2.24) is 14.9 Å². The minimum atomic E-state index is -0.328. The van der Waals surface area contributed by atoms with Gasteiger partial charge in [0.1, 0.15) is 11.4 Å². The van der Waals surface area contributed by atoms with Gasteiger partial charge in [-0.05, 0) is 32.0 Å². The molecule has 0 radical (unpaired) electrons. The highest BCUT2D eigenvalue weighted by molar-refractivity contribution is 6.03. The highest BCUT2D eigenvalue weighted by atomic mass is 16.5. The molecule has 1 fully saturated rings. The Kier molecular flexibility index (Phi) is 6.08. The Bertz CT molecular complexity index is 847. The number of hydrogen-bond acceptors (Lipinski definition) is 6. The lowest BCUT2D eigenvalue weighted by atomic mass is 10.2. The molecule has 8 nitrogen and oxygen atoms in total. The van der Waals surface area contributed by atoms with Gasteiger partial charge in [-0.25, -0.2) is 9.97 Å². The molecule has 2 heterocycles. The average Bonchev–Trinajstić information content (AvgIpc) is 2.69. The summed E-state index contributed by atoms with van der Waals surface area (Å²) < 4.78 is 5.74. The average molecular weight is 383 g/mol. The molecular weight excluding hydrogens is 358 g/mol. The number of amides is 2. The molecule has 28 heavy (non-hydrogen) atoms. The second-order valence-electron chi connectivity index (χ2n) is 6.85. The topological polar surface area (TPSA) is 87.7 Å². The number of benzene rings is 1. The summed E-state index contributed by atoms with van der Waals surface area (Å²) in [6.07, 6.45) is 1.57. The fraction of sp³-hybridized carbons (Fsp3) is 0.400. The van der Waals surface area contributed by atoms with Gasteiger partial charge in [0.15, 0.2) is 0 Å². The van der Waals surface area contributed by atoms with Gasteiger partial charge in [-0.15, -0.1) is 0 Å². The third-order valence-electron chi connectivity index (χ3n) is 4.38. The van der Waals surface area contributed by atoms with Crippen LogP contribution in [0.5, 0.6) is 5.75 Å². The van der Waals surface area contributed by atoms with Gasteiger partial charge in [0.2, 0.25) is 11.9 Å². The maximum atomic E-state index is 12.7. The summed E-state index contributed by atoms with van der Waals surface area (Å²) in [5.41, 5.74) is 0.870. The second kappa shape index (κ2) is 8.69. The van der Waals surface area contributed by atoms with Crippen molar-refractivity contribution in [2.75, 3.05) is 36.4 Å². The molecule has 0 aliphatic carbocycles. The number of carbonyl (C=O) groups is 2. The third kappa shape index (κ3) is 4.76. The van der Waals surface area contributed by atoms with E-state index in [0.29, 0.717) is 43.6 Å². The normalized spacial score (nSPS) is 14.1. The third-order valence-corrected chi connectivity index (χ3v) is 4.38. The van der Waals surface area contributed by atoms with Crippen LogP contribution in [0.3, 0.4) is 0 Å². The van der Waals surface area contributed by atoms with Crippen molar-refractivity contribution < 1.29 is 14.3 Å². The molecule has 2 aromatic rings. The molecular formula is C20H25N5O3. The quantitative estimate of drug-likeness (QED) is 0.852.